The van der Waals surface area contributed by atoms with Gasteiger partial charge in [-0.2, -0.15) is 10.1 Å². The van der Waals surface area contributed by atoms with Gasteiger partial charge in [0.05, 0.1) is 24.9 Å². The van der Waals surface area contributed by atoms with E-state index in [0.29, 0.717) is 13.2 Å². The van der Waals surface area contributed by atoms with Crippen LogP contribution in [-0.2, 0) is 4.74 Å². The van der Waals surface area contributed by atoms with E-state index >= 15 is 0 Å². The van der Waals surface area contributed by atoms with Crippen molar-refractivity contribution in [1.82, 2.24) is 15.2 Å². The Kier molecular flexibility index (Phi) is 2.75. The van der Waals surface area contributed by atoms with Gasteiger partial charge in [-0.1, -0.05) is 0 Å². The molecule has 0 aromatic carbocycles. The summed E-state index contributed by atoms with van der Waals surface area (Å²) in [6.07, 6.45) is 1.62. The zero-order valence-electron chi connectivity index (χ0n) is 8.77. The second kappa shape index (κ2) is 3.90. The summed E-state index contributed by atoms with van der Waals surface area (Å²) in [5.41, 5.74) is -0.0857. The Morgan fingerprint density at radius 1 is 1.53 bits per heavy atom. The first-order valence-corrected chi connectivity index (χ1v) is 5.18. The Hall–Kier alpha value is -0.940. The number of morpholine rings is 1. The van der Waals surface area contributed by atoms with Crippen LogP contribution in [0, 0.1) is 0 Å². The van der Waals surface area contributed by atoms with Gasteiger partial charge in [-0.25, -0.2) is 0 Å². The zero-order valence-corrected chi connectivity index (χ0v) is 9.53. The molecule has 5 nitrogen and oxygen atoms in total. The lowest BCUT2D eigenvalue weighted by Crippen LogP contribution is -2.53. The molecule has 82 valence electrons. The van der Waals surface area contributed by atoms with Crippen LogP contribution >= 0.6 is 11.6 Å². The minimum atomic E-state index is -0.0857. The van der Waals surface area contributed by atoms with Crippen LogP contribution in [0.1, 0.15) is 13.8 Å². The van der Waals surface area contributed by atoms with Crippen molar-refractivity contribution in [3.63, 3.8) is 0 Å². The lowest BCUT2D eigenvalue weighted by Gasteiger charge is -2.42. The summed E-state index contributed by atoms with van der Waals surface area (Å²) in [5, 5.41) is 7.60. The van der Waals surface area contributed by atoms with E-state index in [0.717, 1.165) is 12.4 Å². The molecule has 6 heteroatoms. The van der Waals surface area contributed by atoms with Gasteiger partial charge in [-0.15, -0.1) is 5.10 Å². The van der Waals surface area contributed by atoms with E-state index in [-0.39, 0.29) is 10.8 Å². The van der Waals surface area contributed by atoms with E-state index in [4.69, 9.17) is 16.3 Å². The Labute approximate surface area is 93.4 Å². The molecule has 15 heavy (non-hydrogen) atoms. The number of nitrogens with zero attached hydrogens (tertiary/aromatic N) is 4. The number of hydrogen-bond donors (Lipinski definition) is 0. The number of ether oxygens (including phenoxy) is 1. The summed E-state index contributed by atoms with van der Waals surface area (Å²) >= 11 is 5.71. The lowest BCUT2D eigenvalue weighted by atomic mass is 10.0. The SMILES string of the molecule is CC1(C)COCCN1c1cnnc(Cl)n1. The quantitative estimate of drug-likeness (QED) is 0.722. The third-order valence-corrected chi connectivity index (χ3v) is 2.60. The predicted octanol–water partition coefficient (Wildman–Crippen LogP) is 1.14. The van der Waals surface area contributed by atoms with E-state index in [1.165, 1.54) is 0 Å². The van der Waals surface area contributed by atoms with Gasteiger partial charge >= 0.3 is 0 Å². The van der Waals surface area contributed by atoms with E-state index in [2.05, 4.69) is 33.9 Å². The molecule has 1 aromatic heterocycles. The molecule has 1 aliphatic rings. The zero-order chi connectivity index (χ0) is 10.9. The lowest BCUT2D eigenvalue weighted by molar-refractivity contribution is 0.0638. The van der Waals surface area contributed by atoms with Crippen molar-refractivity contribution in [2.75, 3.05) is 24.7 Å². The molecule has 0 amide bonds. The van der Waals surface area contributed by atoms with E-state index in [1.807, 2.05) is 0 Å². The van der Waals surface area contributed by atoms with Gasteiger partial charge < -0.3 is 9.64 Å². The predicted molar refractivity (Wildman–Crippen MR) is 57.1 cm³/mol. The Morgan fingerprint density at radius 3 is 3.00 bits per heavy atom. The first-order valence-electron chi connectivity index (χ1n) is 4.80. The van der Waals surface area contributed by atoms with Gasteiger partial charge in [0.25, 0.3) is 0 Å². The Morgan fingerprint density at radius 2 is 2.33 bits per heavy atom. The summed E-state index contributed by atoms with van der Waals surface area (Å²) in [6, 6.07) is 0. The highest BCUT2D eigenvalue weighted by molar-refractivity contribution is 6.28. The van der Waals surface area contributed by atoms with Gasteiger partial charge in [0.15, 0.2) is 5.82 Å². The topological polar surface area (TPSA) is 51.1 Å². The summed E-state index contributed by atoms with van der Waals surface area (Å²) in [7, 11) is 0. The van der Waals surface area contributed by atoms with E-state index < -0.39 is 0 Å². The van der Waals surface area contributed by atoms with Gasteiger partial charge in [0.1, 0.15) is 0 Å². The van der Waals surface area contributed by atoms with Gasteiger partial charge in [-0.05, 0) is 25.4 Å². The minimum absolute atomic E-state index is 0.0857. The van der Waals surface area contributed by atoms with Crippen LogP contribution in [0.2, 0.25) is 5.28 Å². The first-order chi connectivity index (χ1) is 7.09. The molecule has 0 aliphatic carbocycles. The van der Waals surface area contributed by atoms with Crippen LogP contribution in [-0.4, -0.2) is 40.5 Å². The van der Waals surface area contributed by atoms with Gasteiger partial charge in [-0.3, -0.25) is 0 Å². The molecule has 0 spiro atoms. The maximum Gasteiger partial charge on any atom is 0.244 e. The highest BCUT2D eigenvalue weighted by Crippen LogP contribution is 2.24. The maximum absolute atomic E-state index is 5.71. The average Bonchev–Trinajstić information content (AvgIpc) is 2.17. The van der Waals surface area contributed by atoms with Gasteiger partial charge in [0, 0.05) is 6.54 Å². The molecule has 1 aromatic rings. The number of halogens is 1. The molecular weight excluding hydrogens is 216 g/mol. The molecule has 0 unspecified atom stereocenters. The van der Waals surface area contributed by atoms with Crippen molar-refractivity contribution >= 4 is 17.4 Å². The fourth-order valence-electron chi connectivity index (χ4n) is 1.69. The van der Waals surface area contributed by atoms with Crippen LogP contribution in [0.15, 0.2) is 6.20 Å². The van der Waals surface area contributed by atoms with Crippen molar-refractivity contribution in [3.05, 3.63) is 11.5 Å². The molecule has 2 heterocycles. The molecule has 2 rings (SSSR count). The number of aromatic nitrogens is 3. The molecule has 0 radical (unpaired) electrons. The molecule has 0 saturated carbocycles. The van der Waals surface area contributed by atoms with E-state index in [9.17, 15) is 0 Å². The maximum atomic E-state index is 5.71. The molecular formula is C9H13ClN4O. The molecule has 1 fully saturated rings. The Bertz CT molecular complexity index is 358. The molecule has 1 saturated heterocycles. The average molecular weight is 229 g/mol. The van der Waals surface area contributed by atoms with Crippen LogP contribution in [0.25, 0.3) is 0 Å². The Balaban J connectivity index is 2.29. The van der Waals surface area contributed by atoms with Crippen molar-refractivity contribution < 1.29 is 4.74 Å². The normalized spacial score (nSPS) is 20.3. The summed E-state index contributed by atoms with van der Waals surface area (Å²) in [6.45, 7) is 6.37. The second-order valence-electron chi connectivity index (χ2n) is 4.10. The fourth-order valence-corrected chi connectivity index (χ4v) is 1.82. The third kappa shape index (κ3) is 2.18. The molecule has 0 N–H and O–H groups in total. The van der Waals surface area contributed by atoms with Crippen LogP contribution in [0.3, 0.4) is 0 Å². The molecule has 1 aliphatic heterocycles. The minimum Gasteiger partial charge on any atom is -0.377 e. The monoisotopic (exact) mass is 228 g/mol. The summed E-state index contributed by atoms with van der Waals surface area (Å²) < 4.78 is 5.43. The van der Waals surface area contributed by atoms with Crippen LogP contribution in [0.4, 0.5) is 5.82 Å². The highest BCUT2D eigenvalue weighted by atomic mass is 35.5. The third-order valence-electron chi connectivity index (χ3n) is 2.44. The molecule has 0 bridgehead atoms. The second-order valence-corrected chi connectivity index (χ2v) is 4.44. The van der Waals surface area contributed by atoms with E-state index in [1.54, 1.807) is 6.20 Å². The van der Waals surface area contributed by atoms with Crippen molar-refractivity contribution in [2.24, 2.45) is 0 Å². The smallest absolute Gasteiger partial charge is 0.244 e. The number of anilines is 1. The van der Waals surface area contributed by atoms with Crippen molar-refractivity contribution in [3.8, 4) is 0 Å². The summed E-state index contributed by atoms with van der Waals surface area (Å²) in [4.78, 5) is 6.29. The number of rotatable bonds is 1. The highest BCUT2D eigenvalue weighted by Gasteiger charge is 2.31. The van der Waals surface area contributed by atoms with Crippen LogP contribution < -0.4 is 4.90 Å². The van der Waals surface area contributed by atoms with Gasteiger partial charge in [0.2, 0.25) is 5.28 Å². The van der Waals surface area contributed by atoms with Crippen molar-refractivity contribution in [2.45, 2.75) is 19.4 Å². The fraction of sp³-hybridized carbons (Fsp3) is 0.667. The largest absolute Gasteiger partial charge is 0.377 e. The summed E-state index contributed by atoms with van der Waals surface area (Å²) in [5.74, 6) is 0.753. The number of hydrogen-bond acceptors (Lipinski definition) is 5. The van der Waals surface area contributed by atoms with Crippen LogP contribution in [0.5, 0.6) is 0 Å². The van der Waals surface area contributed by atoms with Crippen molar-refractivity contribution in [1.29, 1.82) is 0 Å². The first kappa shape index (κ1) is 10.6. The molecule has 0 atom stereocenters. The standard InChI is InChI=1S/C9H13ClN4O/c1-9(2)6-15-4-3-14(9)7-5-11-13-8(10)12-7/h5H,3-4,6H2,1-2H3.